The highest BCUT2D eigenvalue weighted by Crippen LogP contribution is 2.52. The minimum atomic E-state index is -0.898. The fraction of sp³-hybridized carbons (Fsp3) is 0.345. The van der Waals surface area contributed by atoms with Crippen LogP contribution in [0.15, 0.2) is 66.0 Å². The normalized spacial score (nSPS) is 23.1. The van der Waals surface area contributed by atoms with Crippen LogP contribution in [0.4, 0.5) is 4.79 Å². The zero-order valence-corrected chi connectivity index (χ0v) is 23.8. The molecular weight excluding hydrogens is 555 g/mol. The molecule has 2 aromatic carbocycles. The lowest BCUT2D eigenvalue weighted by molar-refractivity contribution is -0.136. The van der Waals surface area contributed by atoms with E-state index in [0.29, 0.717) is 47.6 Å². The lowest BCUT2D eigenvalue weighted by Gasteiger charge is -2.36. The van der Waals surface area contributed by atoms with Crippen molar-refractivity contribution in [3.63, 3.8) is 0 Å². The molecule has 5 rings (SSSR count). The minimum absolute atomic E-state index is 0.102. The fourth-order valence-corrected chi connectivity index (χ4v) is 6.71. The Hall–Kier alpha value is -2.91. The molecule has 2 aliphatic rings. The zero-order valence-electron chi connectivity index (χ0n) is 21.5. The van der Waals surface area contributed by atoms with Crippen LogP contribution in [0.1, 0.15) is 39.7 Å². The summed E-state index contributed by atoms with van der Waals surface area (Å²) in [6.45, 7) is 4.62. The lowest BCUT2D eigenvalue weighted by Crippen LogP contribution is -2.56. The number of hydrogen-bond donors (Lipinski definition) is 2. The SMILES string of the molecule is CCNC(=O)N1C(C(=O)N2CCNCC2)C(c2ccc(Cl)cc2)C(C(=O)c2cccs2)C1c1ccc(Cl)cc1. The number of Topliss-reactive ketones (excluding diaryl/α,β-unsaturated/α-hetero) is 1. The Labute approximate surface area is 242 Å². The first kappa shape index (κ1) is 27.6. The van der Waals surface area contributed by atoms with Crippen LogP contribution in [-0.2, 0) is 4.79 Å². The summed E-state index contributed by atoms with van der Waals surface area (Å²) in [7, 11) is 0. The third kappa shape index (κ3) is 5.57. The summed E-state index contributed by atoms with van der Waals surface area (Å²) in [5.41, 5.74) is 1.53. The summed E-state index contributed by atoms with van der Waals surface area (Å²) < 4.78 is 0. The van der Waals surface area contributed by atoms with Gasteiger partial charge in [-0.2, -0.15) is 0 Å². The average molecular weight is 586 g/mol. The van der Waals surface area contributed by atoms with Crippen LogP contribution in [0, 0.1) is 5.92 Å². The molecule has 204 valence electrons. The Morgan fingerprint density at radius 3 is 2.13 bits per heavy atom. The molecule has 0 spiro atoms. The maximum Gasteiger partial charge on any atom is 0.318 e. The quantitative estimate of drug-likeness (QED) is 0.389. The van der Waals surface area contributed by atoms with Crippen molar-refractivity contribution in [2.75, 3.05) is 32.7 Å². The minimum Gasteiger partial charge on any atom is -0.338 e. The second kappa shape index (κ2) is 12.1. The highest BCUT2D eigenvalue weighted by molar-refractivity contribution is 7.12. The van der Waals surface area contributed by atoms with Gasteiger partial charge in [0.1, 0.15) is 6.04 Å². The van der Waals surface area contributed by atoms with E-state index in [1.807, 2.05) is 42.6 Å². The standard InChI is InChI=1S/C29H30Cl2N4O3S/c1-2-33-29(38)35-25(19-7-11-21(31)12-8-19)24(27(36)22-4-3-17-39-22)23(18-5-9-20(30)10-6-18)26(35)28(37)34-15-13-32-14-16-34/h3-12,17,23-26,32H,2,13-16H2,1H3,(H,33,38). The van der Waals surface area contributed by atoms with Gasteiger partial charge < -0.3 is 20.4 Å². The van der Waals surface area contributed by atoms with E-state index in [4.69, 9.17) is 23.2 Å². The summed E-state index contributed by atoms with van der Waals surface area (Å²) >= 11 is 13.8. The van der Waals surface area contributed by atoms with Gasteiger partial charge in [-0.15, -0.1) is 11.3 Å². The Bertz CT molecular complexity index is 1310. The maximum atomic E-state index is 14.4. The largest absolute Gasteiger partial charge is 0.338 e. The molecule has 0 aliphatic carbocycles. The summed E-state index contributed by atoms with van der Waals surface area (Å²) in [5, 5.41) is 9.15. The number of amides is 3. The van der Waals surface area contributed by atoms with Crippen molar-refractivity contribution in [1.29, 1.82) is 0 Å². The van der Waals surface area contributed by atoms with E-state index in [-0.39, 0.29) is 17.7 Å². The Morgan fingerprint density at radius 1 is 0.949 bits per heavy atom. The van der Waals surface area contributed by atoms with Gasteiger partial charge in [-0.05, 0) is 53.8 Å². The molecule has 7 nitrogen and oxygen atoms in total. The molecule has 4 unspecified atom stereocenters. The number of carbonyl (C=O) groups is 3. The molecule has 3 heterocycles. The number of nitrogens with zero attached hydrogens (tertiary/aromatic N) is 2. The van der Waals surface area contributed by atoms with Crippen molar-refractivity contribution < 1.29 is 14.4 Å². The molecule has 0 saturated carbocycles. The zero-order chi connectivity index (χ0) is 27.5. The number of carbonyl (C=O) groups excluding carboxylic acids is 3. The topological polar surface area (TPSA) is 81.8 Å². The number of ketones is 1. The molecule has 2 saturated heterocycles. The van der Waals surface area contributed by atoms with Gasteiger partial charge in [0.25, 0.3) is 0 Å². The van der Waals surface area contributed by atoms with Crippen molar-refractivity contribution in [2.45, 2.75) is 24.9 Å². The summed E-state index contributed by atoms with van der Waals surface area (Å²) in [6.07, 6.45) is 0. The Kier molecular flexibility index (Phi) is 8.57. The summed E-state index contributed by atoms with van der Waals surface area (Å²) in [5.74, 6) is -1.58. The number of piperazine rings is 1. The van der Waals surface area contributed by atoms with E-state index in [1.165, 1.54) is 11.3 Å². The molecule has 3 amide bonds. The van der Waals surface area contributed by atoms with Crippen LogP contribution in [-0.4, -0.2) is 66.3 Å². The Morgan fingerprint density at radius 2 is 1.56 bits per heavy atom. The predicted octanol–water partition coefficient (Wildman–Crippen LogP) is 5.22. The molecule has 1 aromatic heterocycles. The second-order valence-corrected chi connectivity index (χ2v) is 11.5. The van der Waals surface area contributed by atoms with E-state index in [0.717, 1.165) is 11.1 Å². The monoisotopic (exact) mass is 584 g/mol. The van der Waals surface area contributed by atoms with Crippen LogP contribution in [0.3, 0.4) is 0 Å². The number of benzene rings is 2. The molecule has 0 bridgehead atoms. The maximum absolute atomic E-state index is 14.4. The number of urea groups is 1. The van der Waals surface area contributed by atoms with Gasteiger partial charge in [0.15, 0.2) is 5.78 Å². The van der Waals surface area contributed by atoms with Crippen molar-refractivity contribution >= 4 is 52.3 Å². The summed E-state index contributed by atoms with van der Waals surface area (Å²) in [6, 6.07) is 16.1. The van der Waals surface area contributed by atoms with Crippen molar-refractivity contribution in [3.8, 4) is 0 Å². The van der Waals surface area contributed by atoms with E-state index in [2.05, 4.69) is 10.6 Å². The molecule has 4 atom stereocenters. The first-order valence-electron chi connectivity index (χ1n) is 13.0. The number of thiophene rings is 1. The van der Waals surface area contributed by atoms with Crippen LogP contribution in [0.2, 0.25) is 10.0 Å². The third-order valence-corrected chi connectivity index (χ3v) is 8.83. The molecule has 2 N–H and O–H groups in total. The number of nitrogens with one attached hydrogen (secondary N) is 2. The number of halogens is 2. The van der Waals surface area contributed by atoms with Crippen LogP contribution >= 0.6 is 34.5 Å². The predicted molar refractivity (Wildman–Crippen MR) is 155 cm³/mol. The van der Waals surface area contributed by atoms with E-state index < -0.39 is 23.9 Å². The van der Waals surface area contributed by atoms with Crippen LogP contribution < -0.4 is 10.6 Å². The van der Waals surface area contributed by atoms with Gasteiger partial charge in [0.2, 0.25) is 5.91 Å². The first-order chi connectivity index (χ1) is 18.9. The molecular formula is C29H30Cl2N4O3S. The van der Waals surface area contributed by atoms with Gasteiger partial charge >= 0.3 is 6.03 Å². The second-order valence-electron chi connectivity index (χ2n) is 9.70. The lowest BCUT2D eigenvalue weighted by atomic mass is 9.77. The van der Waals surface area contributed by atoms with Gasteiger partial charge in [-0.1, -0.05) is 53.5 Å². The van der Waals surface area contributed by atoms with E-state index in [1.54, 1.807) is 40.1 Å². The van der Waals surface area contributed by atoms with Crippen molar-refractivity contribution in [1.82, 2.24) is 20.4 Å². The van der Waals surface area contributed by atoms with Gasteiger partial charge in [-0.3, -0.25) is 9.59 Å². The number of hydrogen-bond acceptors (Lipinski definition) is 5. The van der Waals surface area contributed by atoms with Crippen LogP contribution in [0.25, 0.3) is 0 Å². The highest BCUT2D eigenvalue weighted by Gasteiger charge is 2.58. The van der Waals surface area contributed by atoms with Gasteiger partial charge in [0, 0.05) is 48.7 Å². The number of rotatable bonds is 6. The van der Waals surface area contributed by atoms with Crippen molar-refractivity contribution in [2.24, 2.45) is 5.92 Å². The molecule has 10 heteroatoms. The molecule has 3 aromatic rings. The van der Waals surface area contributed by atoms with Crippen molar-refractivity contribution in [3.05, 3.63) is 92.1 Å². The van der Waals surface area contributed by atoms with Gasteiger partial charge in [0.05, 0.1) is 16.8 Å². The molecule has 2 fully saturated rings. The van der Waals surface area contributed by atoms with Gasteiger partial charge in [-0.25, -0.2) is 4.79 Å². The van der Waals surface area contributed by atoms with E-state index >= 15 is 0 Å². The first-order valence-corrected chi connectivity index (χ1v) is 14.7. The molecule has 39 heavy (non-hydrogen) atoms. The third-order valence-electron chi connectivity index (χ3n) is 7.44. The molecule has 2 aliphatic heterocycles. The molecule has 0 radical (unpaired) electrons. The summed E-state index contributed by atoms with van der Waals surface area (Å²) in [4.78, 5) is 46.6. The van der Waals surface area contributed by atoms with Crippen LogP contribution in [0.5, 0.6) is 0 Å². The smallest absolute Gasteiger partial charge is 0.318 e. The fourth-order valence-electron chi connectivity index (χ4n) is 5.74. The number of likely N-dealkylation sites (tertiary alicyclic amines) is 1. The average Bonchev–Trinajstić information content (AvgIpc) is 3.61. The van der Waals surface area contributed by atoms with E-state index in [9.17, 15) is 14.4 Å². The Balaban J connectivity index is 1.74. The highest BCUT2D eigenvalue weighted by atomic mass is 35.5.